The second kappa shape index (κ2) is 7.09. The lowest BCUT2D eigenvalue weighted by Gasteiger charge is -2.17. The predicted octanol–water partition coefficient (Wildman–Crippen LogP) is 2.85. The average molecular weight is 363 g/mol. The first kappa shape index (κ1) is 16.0. The molecular formula is C16H15BrN2O3. The molecular weight excluding hydrogens is 348 g/mol. The van der Waals surface area contributed by atoms with E-state index in [0.717, 1.165) is 5.69 Å². The van der Waals surface area contributed by atoms with Crippen LogP contribution in [0.1, 0.15) is 10.4 Å². The Morgan fingerprint density at radius 3 is 2.55 bits per heavy atom. The second-order valence-corrected chi connectivity index (χ2v) is 5.51. The first-order valence-corrected chi connectivity index (χ1v) is 7.32. The number of halogens is 1. The minimum Gasteiger partial charge on any atom is -0.452 e. The molecule has 0 spiro atoms. The number of rotatable bonds is 4. The van der Waals surface area contributed by atoms with E-state index in [1.165, 1.54) is 4.90 Å². The van der Waals surface area contributed by atoms with Gasteiger partial charge in [0, 0.05) is 22.9 Å². The number of amides is 1. The van der Waals surface area contributed by atoms with E-state index < -0.39 is 5.97 Å². The number of hydrogen-bond acceptors (Lipinski definition) is 4. The van der Waals surface area contributed by atoms with Crippen LogP contribution in [0.2, 0.25) is 0 Å². The molecule has 0 saturated carbocycles. The van der Waals surface area contributed by atoms with Crippen molar-refractivity contribution < 1.29 is 14.3 Å². The molecule has 0 radical (unpaired) electrons. The molecule has 2 aromatic rings. The van der Waals surface area contributed by atoms with Crippen LogP contribution in [0.3, 0.4) is 0 Å². The van der Waals surface area contributed by atoms with Crippen LogP contribution in [0.4, 0.5) is 11.4 Å². The summed E-state index contributed by atoms with van der Waals surface area (Å²) in [5, 5.41) is 0. The lowest BCUT2D eigenvalue weighted by Crippen LogP contribution is -2.31. The molecule has 0 aliphatic rings. The summed E-state index contributed by atoms with van der Waals surface area (Å²) < 4.78 is 5.75. The maximum atomic E-state index is 12.0. The van der Waals surface area contributed by atoms with Gasteiger partial charge in [0.05, 0.1) is 5.56 Å². The Kier molecular flexibility index (Phi) is 5.16. The third-order valence-electron chi connectivity index (χ3n) is 3.08. The largest absolute Gasteiger partial charge is 0.452 e. The minimum absolute atomic E-state index is 0.226. The van der Waals surface area contributed by atoms with Crippen molar-refractivity contribution in [3.05, 3.63) is 58.6 Å². The van der Waals surface area contributed by atoms with E-state index in [9.17, 15) is 9.59 Å². The third-order valence-corrected chi connectivity index (χ3v) is 3.57. The van der Waals surface area contributed by atoms with E-state index in [1.54, 1.807) is 37.4 Å². The quantitative estimate of drug-likeness (QED) is 0.670. The second-order valence-electron chi connectivity index (χ2n) is 4.60. The summed E-state index contributed by atoms with van der Waals surface area (Å²) in [5.74, 6) is -0.957. The number of ether oxygens (including phenoxy) is 1. The molecule has 2 aromatic carbocycles. The molecule has 5 nitrogen and oxygen atoms in total. The van der Waals surface area contributed by atoms with Gasteiger partial charge in [0.25, 0.3) is 5.91 Å². The highest BCUT2D eigenvalue weighted by Gasteiger charge is 2.16. The molecule has 0 saturated heterocycles. The van der Waals surface area contributed by atoms with Crippen LogP contribution in [-0.2, 0) is 9.53 Å². The maximum Gasteiger partial charge on any atom is 0.340 e. The molecule has 0 atom stereocenters. The van der Waals surface area contributed by atoms with Crippen molar-refractivity contribution in [3.63, 3.8) is 0 Å². The van der Waals surface area contributed by atoms with Crippen LogP contribution in [0, 0.1) is 0 Å². The Labute approximate surface area is 136 Å². The molecule has 6 heteroatoms. The summed E-state index contributed by atoms with van der Waals surface area (Å²) in [7, 11) is 1.62. The molecule has 0 fully saturated rings. The van der Waals surface area contributed by atoms with Gasteiger partial charge in [-0.3, -0.25) is 4.79 Å². The van der Waals surface area contributed by atoms with Crippen molar-refractivity contribution in [2.24, 2.45) is 0 Å². The van der Waals surface area contributed by atoms with Crippen LogP contribution in [-0.4, -0.2) is 25.5 Å². The number of nitrogens with two attached hydrogens (primary N) is 1. The Morgan fingerprint density at radius 2 is 1.86 bits per heavy atom. The highest BCUT2D eigenvalue weighted by Crippen LogP contribution is 2.19. The zero-order valence-corrected chi connectivity index (χ0v) is 13.5. The first-order chi connectivity index (χ1) is 10.5. The van der Waals surface area contributed by atoms with Crippen LogP contribution < -0.4 is 10.6 Å². The van der Waals surface area contributed by atoms with Crippen LogP contribution in [0.5, 0.6) is 0 Å². The van der Waals surface area contributed by atoms with E-state index in [2.05, 4.69) is 15.9 Å². The van der Waals surface area contributed by atoms with E-state index >= 15 is 0 Å². The van der Waals surface area contributed by atoms with E-state index in [4.69, 9.17) is 10.5 Å². The predicted molar refractivity (Wildman–Crippen MR) is 88.7 cm³/mol. The molecule has 22 heavy (non-hydrogen) atoms. The number of anilines is 2. The summed E-state index contributed by atoms with van der Waals surface area (Å²) >= 11 is 3.26. The van der Waals surface area contributed by atoms with Gasteiger partial charge in [0.2, 0.25) is 0 Å². The van der Waals surface area contributed by atoms with Crippen LogP contribution >= 0.6 is 15.9 Å². The number of nitrogen functional groups attached to an aromatic ring is 1. The Hall–Kier alpha value is -2.34. The SMILES string of the molecule is CN(C(=O)COC(=O)c1cc(Br)ccc1N)c1ccccc1. The van der Waals surface area contributed by atoms with Gasteiger partial charge in [-0.15, -0.1) is 0 Å². The van der Waals surface area contributed by atoms with Crippen LogP contribution in [0.15, 0.2) is 53.0 Å². The molecule has 0 bridgehead atoms. The van der Waals surface area contributed by atoms with Gasteiger partial charge in [-0.1, -0.05) is 34.1 Å². The smallest absolute Gasteiger partial charge is 0.340 e. The molecule has 0 unspecified atom stereocenters. The summed E-state index contributed by atoms with van der Waals surface area (Å²) in [6, 6.07) is 14.0. The lowest BCUT2D eigenvalue weighted by atomic mass is 10.2. The lowest BCUT2D eigenvalue weighted by molar-refractivity contribution is -0.121. The Bertz CT molecular complexity index is 689. The molecule has 1 amide bonds. The summed E-state index contributed by atoms with van der Waals surface area (Å²) in [6.45, 7) is -0.351. The number of carbonyl (C=O) groups excluding carboxylic acids is 2. The summed E-state index contributed by atoms with van der Waals surface area (Å²) in [4.78, 5) is 25.5. The number of hydrogen-bond donors (Lipinski definition) is 1. The van der Waals surface area contributed by atoms with E-state index in [0.29, 0.717) is 10.2 Å². The summed E-state index contributed by atoms with van der Waals surface area (Å²) in [6.07, 6.45) is 0. The molecule has 0 aromatic heterocycles. The fourth-order valence-electron chi connectivity index (χ4n) is 1.80. The normalized spacial score (nSPS) is 10.1. The minimum atomic E-state index is -0.631. The fraction of sp³-hybridized carbons (Fsp3) is 0.125. The Morgan fingerprint density at radius 1 is 1.18 bits per heavy atom. The molecule has 0 heterocycles. The standard InChI is InChI=1S/C16H15BrN2O3/c1-19(12-5-3-2-4-6-12)15(20)10-22-16(21)13-9-11(17)7-8-14(13)18/h2-9H,10,18H2,1H3. The number of esters is 1. The van der Waals surface area contributed by atoms with Gasteiger partial charge in [0.15, 0.2) is 6.61 Å². The van der Waals surface area contributed by atoms with Crippen molar-refractivity contribution in [2.75, 3.05) is 24.3 Å². The molecule has 0 aliphatic carbocycles. The summed E-state index contributed by atoms with van der Waals surface area (Å²) in [5.41, 5.74) is 6.99. The molecule has 114 valence electrons. The van der Waals surface area contributed by atoms with Gasteiger partial charge in [-0.2, -0.15) is 0 Å². The van der Waals surface area contributed by atoms with Crippen molar-refractivity contribution in [2.45, 2.75) is 0 Å². The van der Waals surface area contributed by atoms with Crippen molar-refractivity contribution >= 4 is 39.2 Å². The highest BCUT2D eigenvalue weighted by molar-refractivity contribution is 9.10. The van der Waals surface area contributed by atoms with Crippen molar-refractivity contribution in [3.8, 4) is 0 Å². The fourth-order valence-corrected chi connectivity index (χ4v) is 2.16. The monoisotopic (exact) mass is 362 g/mol. The van der Waals surface area contributed by atoms with Gasteiger partial charge in [-0.25, -0.2) is 4.79 Å². The Balaban J connectivity index is 1.99. The first-order valence-electron chi connectivity index (χ1n) is 6.53. The van der Waals surface area contributed by atoms with Crippen molar-refractivity contribution in [1.82, 2.24) is 0 Å². The molecule has 0 aliphatic heterocycles. The number of likely N-dealkylation sites (N-methyl/N-ethyl adjacent to an activating group) is 1. The average Bonchev–Trinajstić information content (AvgIpc) is 2.54. The highest BCUT2D eigenvalue weighted by atomic mass is 79.9. The molecule has 2 N–H and O–H groups in total. The number of carbonyl (C=O) groups is 2. The maximum absolute atomic E-state index is 12.0. The number of benzene rings is 2. The van der Waals surface area contributed by atoms with Crippen molar-refractivity contribution in [1.29, 1.82) is 0 Å². The zero-order chi connectivity index (χ0) is 16.1. The van der Waals surface area contributed by atoms with Crippen LogP contribution in [0.25, 0.3) is 0 Å². The zero-order valence-electron chi connectivity index (χ0n) is 12.0. The van der Waals surface area contributed by atoms with E-state index in [1.807, 2.05) is 18.2 Å². The topological polar surface area (TPSA) is 72.6 Å². The van der Waals surface area contributed by atoms with Gasteiger partial charge in [-0.05, 0) is 30.3 Å². The third kappa shape index (κ3) is 3.85. The number of nitrogens with zero attached hydrogens (tertiary/aromatic N) is 1. The van der Waals surface area contributed by atoms with Gasteiger partial charge < -0.3 is 15.4 Å². The van der Waals surface area contributed by atoms with Gasteiger partial charge in [0.1, 0.15) is 0 Å². The van der Waals surface area contributed by atoms with E-state index in [-0.39, 0.29) is 18.1 Å². The van der Waals surface area contributed by atoms with Gasteiger partial charge >= 0.3 is 5.97 Å². The molecule has 2 rings (SSSR count). The number of para-hydroxylation sites is 1.